The van der Waals surface area contributed by atoms with Crippen LogP contribution in [-0.4, -0.2) is 43.7 Å². The van der Waals surface area contributed by atoms with Gasteiger partial charge in [0.15, 0.2) is 5.78 Å². The molecule has 1 aliphatic rings. The van der Waals surface area contributed by atoms with E-state index in [1.807, 2.05) is 30.3 Å². The monoisotopic (exact) mass is 353 g/mol. The number of rotatable bonds is 10. The fourth-order valence-corrected chi connectivity index (χ4v) is 3.55. The fourth-order valence-electron chi connectivity index (χ4n) is 2.82. The van der Waals surface area contributed by atoms with Gasteiger partial charge in [-0.1, -0.05) is 43.2 Å². The van der Waals surface area contributed by atoms with Gasteiger partial charge in [-0.2, -0.15) is 0 Å². The maximum absolute atomic E-state index is 12.6. The Kier molecular flexibility index (Phi) is 6.57. The Morgan fingerprint density at radius 2 is 1.92 bits per heavy atom. The molecule has 0 radical (unpaired) electrons. The van der Waals surface area contributed by atoms with Crippen LogP contribution in [0, 0.1) is 5.92 Å². The topological polar surface area (TPSA) is 104 Å². The van der Waals surface area contributed by atoms with Crippen LogP contribution >= 0.6 is 0 Å². The summed E-state index contributed by atoms with van der Waals surface area (Å²) in [5, 5.41) is 19.0. The van der Waals surface area contributed by atoms with E-state index in [9.17, 15) is 23.3 Å². The number of sulfonamides is 1. The van der Waals surface area contributed by atoms with Gasteiger partial charge in [0.1, 0.15) is 0 Å². The SMILES string of the molecule is CS(=O)(=O)NC(Cc1ccccc1)C(=O)C[C@@H](CC1CC1)B(O)O. The summed E-state index contributed by atoms with van der Waals surface area (Å²) in [5.41, 5.74) is 0.843. The molecule has 0 aromatic heterocycles. The molecule has 2 rings (SSSR count). The summed E-state index contributed by atoms with van der Waals surface area (Å²) in [6.45, 7) is 0. The highest BCUT2D eigenvalue weighted by Crippen LogP contribution is 2.39. The molecular weight excluding hydrogens is 329 g/mol. The third-order valence-corrected chi connectivity index (χ3v) is 4.96. The van der Waals surface area contributed by atoms with Crippen molar-refractivity contribution in [2.75, 3.05) is 6.26 Å². The maximum atomic E-state index is 12.6. The molecule has 3 N–H and O–H groups in total. The molecule has 8 heteroatoms. The molecule has 1 unspecified atom stereocenters. The molecule has 1 saturated carbocycles. The van der Waals surface area contributed by atoms with Crippen LogP contribution < -0.4 is 4.72 Å². The molecular formula is C16H24BNO5S. The van der Waals surface area contributed by atoms with Crippen molar-refractivity contribution >= 4 is 22.9 Å². The summed E-state index contributed by atoms with van der Waals surface area (Å²) in [7, 11) is -5.12. The van der Waals surface area contributed by atoms with Crippen LogP contribution in [0.3, 0.4) is 0 Å². The Balaban J connectivity index is 2.07. The van der Waals surface area contributed by atoms with Crippen molar-refractivity contribution in [3.8, 4) is 0 Å². The number of nitrogens with one attached hydrogen (secondary N) is 1. The van der Waals surface area contributed by atoms with E-state index in [0.717, 1.165) is 24.7 Å². The largest absolute Gasteiger partial charge is 0.455 e. The van der Waals surface area contributed by atoms with Crippen molar-refractivity contribution < 1.29 is 23.3 Å². The van der Waals surface area contributed by atoms with Gasteiger partial charge < -0.3 is 10.0 Å². The van der Waals surface area contributed by atoms with Crippen LogP contribution in [0.1, 0.15) is 31.2 Å². The minimum absolute atomic E-state index is 0.0474. The first kappa shape index (κ1) is 19.1. The number of carbonyl (C=O) groups is 1. The molecule has 0 amide bonds. The normalized spacial score (nSPS) is 17.3. The van der Waals surface area contributed by atoms with Crippen molar-refractivity contribution in [3.63, 3.8) is 0 Å². The molecule has 2 atom stereocenters. The van der Waals surface area contributed by atoms with E-state index < -0.39 is 29.0 Å². The van der Waals surface area contributed by atoms with Gasteiger partial charge in [-0.3, -0.25) is 4.79 Å². The molecule has 1 aromatic rings. The molecule has 1 aliphatic carbocycles. The molecule has 0 spiro atoms. The first-order chi connectivity index (χ1) is 11.2. The zero-order valence-electron chi connectivity index (χ0n) is 13.8. The average molecular weight is 353 g/mol. The standard InChI is InChI=1S/C16H24BNO5S/c1-24(22,23)18-15(10-12-5-3-2-4-6-12)16(19)11-14(17(20)21)9-13-7-8-13/h2-6,13-15,18,20-21H,7-11H2,1H3/t14-,15?/m1/s1. The molecule has 24 heavy (non-hydrogen) atoms. The third kappa shape index (κ3) is 6.72. The van der Waals surface area contributed by atoms with Crippen molar-refractivity contribution in [2.45, 2.75) is 44.0 Å². The fraction of sp³-hybridized carbons (Fsp3) is 0.562. The summed E-state index contributed by atoms with van der Waals surface area (Å²) >= 11 is 0. The highest BCUT2D eigenvalue weighted by Gasteiger charge is 2.35. The van der Waals surface area contributed by atoms with E-state index >= 15 is 0 Å². The lowest BCUT2D eigenvalue weighted by Crippen LogP contribution is -2.43. The van der Waals surface area contributed by atoms with Gasteiger partial charge >= 0.3 is 7.12 Å². The average Bonchev–Trinajstić information content (AvgIpc) is 3.29. The number of carbonyl (C=O) groups excluding carboxylic acids is 1. The Morgan fingerprint density at radius 3 is 2.42 bits per heavy atom. The molecule has 0 bridgehead atoms. The van der Waals surface area contributed by atoms with Crippen molar-refractivity contribution in [1.82, 2.24) is 4.72 Å². The molecule has 0 heterocycles. The lowest BCUT2D eigenvalue weighted by molar-refractivity contribution is -0.120. The molecule has 1 aromatic carbocycles. The summed E-state index contributed by atoms with van der Waals surface area (Å²) in [4.78, 5) is 12.6. The van der Waals surface area contributed by atoms with E-state index in [1.54, 1.807) is 0 Å². The van der Waals surface area contributed by atoms with Gasteiger partial charge in [-0.25, -0.2) is 13.1 Å². The second-order valence-electron chi connectivity index (χ2n) is 6.66. The molecule has 132 valence electrons. The van der Waals surface area contributed by atoms with Gasteiger partial charge in [0.25, 0.3) is 0 Å². The van der Waals surface area contributed by atoms with Gasteiger partial charge in [-0.15, -0.1) is 0 Å². The maximum Gasteiger partial charge on any atom is 0.455 e. The second kappa shape index (κ2) is 8.25. The minimum Gasteiger partial charge on any atom is -0.427 e. The number of ketones is 1. The number of hydrogen-bond donors (Lipinski definition) is 3. The molecule has 0 saturated heterocycles. The zero-order chi connectivity index (χ0) is 17.7. The summed E-state index contributed by atoms with van der Waals surface area (Å²) in [6.07, 6.45) is 3.89. The van der Waals surface area contributed by atoms with E-state index in [2.05, 4.69) is 4.72 Å². The summed E-state index contributed by atoms with van der Waals surface area (Å²) < 4.78 is 25.5. The smallest absolute Gasteiger partial charge is 0.427 e. The lowest BCUT2D eigenvalue weighted by Gasteiger charge is -2.20. The Bertz CT molecular complexity index is 646. The summed E-state index contributed by atoms with van der Waals surface area (Å²) in [5.74, 6) is -0.423. The Labute approximate surface area is 143 Å². The number of hydrogen-bond acceptors (Lipinski definition) is 5. The number of benzene rings is 1. The first-order valence-electron chi connectivity index (χ1n) is 8.14. The van der Waals surface area contributed by atoms with Crippen molar-refractivity contribution in [1.29, 1.82) is 0 Å². The van der Waals surface area contributed by atoms with Gasteiger partial charge in [-0.05, 0) is 24.3 Å². The predicted molar refractivity (Wildman–Crippen MR) is 92.8 cm³/mol. The lowest BCUT2D eigenvalue weighted by atomic mass is 9.67. The van der Waals surface area contributed by atoms with E-state index in [-0.39, 0.29) is 18.6 Å². The van der Waals surface area contributed by atoms with Crippen LogP contribution in [-0.2, 0) is 21.2 Å². The Morgan fingerprint density at radius 1 is 1.29 bits per heavy atom. The minimum atomic E-state index is -3.55. The van der Waals surface area contributed by atoms with Crippen LogP contribution in [0.2, 0.25) is 5.82 Å². The van der Waals surface area contributed by atoms with Crippen LogP contribution in [0.4, 0.5) is 0 Å². The third-order valence-electron chi connectivity index (χ3n) is 4.25. The molecule has 6 nitrogen and oxygen atoms in total. The predicted octanol–water partition coefficient (Wildman–Crippen LogP) is 0.749. The first-order valence-corrected chi connectivity index (χ1v) is 10.0. The van der Waals surface area contributed by atoms with E-state index in [1.165, 1.54) is 0 Å². The van der Waals surface area contributed by atoms with E-state index in [0.29, 0.717) is 12.3 Å². The van der Waals surface area contributed by atoms with Crippen molar-refractivity contribution in [3.05, 3.63) is 35.9 Å². The Hall–Kier alpha value is -1.22. The summed E-state index contributed by atoms with van der Waals surface area (Å²) in [6, 6.07) is 8.25. The van der Waals surface area contributed by atoms with Gasteiger partial charge in [0.2, 0.25) is 10.0 Å². The zero-order valence-corrected chi connectivity index (χ0v) is 14.6. The van der Waals surface area contributed by atoms with Crippen molar-refractivity contribution in [2.24, 2.45) is 5.92 Å². The number of Topliss-reactive ketones (excluding diaryl/α,β-unsaturated/α-hetero) is 1. The quantitative estimate of drug-likeness (QED) is 0.539. The van der Waals surface area contributed by atoms with Crippen LogP contribution in [0.25, 0.3) is 0 Å². The highest BCUT2D eigenvalue weighted by molar-refractivity contribution is 7.88. The highest BCUT2D eigenvalue weighted by atomic mass is 32.2. The van der Waals surface area contributed by atoms with Gasteiger partial charge in [0.05, 0.1) is 12.3 Å². The van der Waals surface area contributed by atoms with Gasteiger partial charge in [0, 0.05) is 12.2 Å². The van der Waals surface area contributed by atoms with Crippen LogP contribution in [0.5, 0.6) is 0 Å². The molecule has 1 fully saturated rings. The second-order valence-corrected chi connectivity index (χ2v) is 8.44. The van der Waals surface area contributed by atoms with Crippen LogP contribution in [0.15, 0.2) is 30.3 Å². The molecule has 0 aliphatic heterocycles. The van der Waals surface area contributed by atoms with E-state index in [4.69, 9.17) is 0 Å².